The number of amides is 2. The van der Waals surface area contributed by atoms with Gasteiger partial charge in [0.1, 0.15) is 30.5 Å². The van der Waals surface area contributed by atoms with Crippen LogP contribution < -0.4 is 24.8 Å². The standard InChI is InChI=1S/C42H46N2O12/c1-27(2)37(46)51-24-8-9-36(45)54-33-16-10-30(11-17-33)42(7,31-12-18-34(19-13-31)55-40(49)43-22-25-52-38(47)28(3)4)32-14-20-35(21-15-32)56-41(50)44-23-26-53-39(48)29(5)6/h10-21H,1,3,5,8-9,22-26H2,2,4,6-7H3,(H,43,49)(H,44,50). The molecule has 0 aliphatic rings. The molecule has 0 atom stereocenters. The topological polar surface area (TPSA) is 182 Å². The van der Waals surface area contributed by atoms with E-state index in [1.54, 1.807) is 60.7 Å². The van der Waals surface area contributed by atoms with Crippen LogP contribution in [0.15, 0.2) is 109 Å². The molecule has 0 saturated heterocycles. The second kappa shape index (κ2) is 21.3. The van der Waals surface area contributed by atoms with Crippen molar-refractivity contribution in [3.8, 4) is 17.2 Å². The molecule has 296 valence electrons. The highest BCUT2D eigenvalue weighted by Gasteiger charge is 2.32. The van der Waals surface area contributed by atoms with E-state index in [0.717, 1.165) is 16.7 Å². The van der Waals surface area contributed by atoms with Crippen LogP contribution in [0.5, 0.6) is 17.2 Å². The number of hydrogen-bond donors (Lipinski definition) is 2. The lowest BCUT2D eigenvalue weighted by atomic mass is 9.71. The predicted molar refractivity (Wildman–Crippen MR) is 205 cm³/mol. The Hall–Kier alpha value is -6.70. The minimum absolute atomic E-state index is 0.0345. The number of carbonyl (C=O) groups excluding carboxylic acids is 6. The summed E-state index contributed by atoms with van der Waals surface area (Å²) in [5.74, 6) is -1.31. The van der Waals surface area contributed by atoms with Gasteiger partial charge in [-0.2, -0.15) is 0 Å². The van der Waals surface area contributed by atoms with E-state index in [0.29, 0.717) is 5.75 Å². The lowest BCUT2D eigenvalue weighted by molar-refractivity contribution is -0.141. The van der Waals surface area contributed by atoms with Gasteiger partial charge in [-0.15, -0.1) is 0 Å². The summed E-state index contributed by atoms with van der Waals surface area (Å²) in [6, 6.07) is 20.7. The van der Waals surface area contributed by atoms with Crippen LogP contribution in [0.25, 0.3) is 0 Å². The molecular weight excluding hydrogens is 724 g/mol. The van der Waals surface area contributed by atoms with Crippen LogP contribution in [0, 0.1) is 0 Å². The second-order valence-corrected chi connectivity index (χ2v) is 12.7. The van der Waals surface area contributed by atoms with Gasteiger partial charge < -0.3 is 39.1 Å². The summed E-state index contributed by atoms with van der Waals surface area (Å²) in [5, 5.41) is 5.03. The zero-order valence-electron chi connectivity index (χ0n) is 31.9. The lowest BCUT2D eigenvalue weighted by Crippen LogP contribution is -2.31. The van der Waals surface area contributed by atoms with Crippen LogP contribution in [0.4, 0.5) is 9.59 Å². The smallest absolute Gasteiger partial charge is 0.412 e. The SMILES string of the molecule is C=C(C)C(=O)OCCCC(=O)Oc1ccc(C(C)(c2ccc(OC(=O)NCCOC(=O)C(=C)C)cc2)c2ccc(OC(=O)NCCOC(=O)C(=C)C)cc2)cc1. The van der Waals surface area contributed by atoms with Gasteiger partial charge >= 0.3 is 36.1 Å². The first-order chi connectivity index (χ1) is 26.6. The van der Waals surface area contributed by atoms with Crippen LogP contribution in [-0.2, 0) is 38.8 Å². The van der Waals surface area contributed by atoms with Crippen molar-refractivity contribution in [3.05, 3.63) is 126 Å². The van der Waals surface area contributed by atoms with Gasteiger partial charge in [0.2, 0.25) is 0 Å². The normalized spacial score (nSPS) is 10.6. The maximum absolute atomic E-state index is 12.5. The Bertz CT molecular complexity index is 1700. The molecule has 0 aliphatic heterocycles. The van der Waals surface area contributed by atoms with E-state index in [1.807, 2.05) is 19.1 Å². The van der Waals surface area contributed by atoms with Crippen molar-refractivity contribution in [3.63, 3.8) is 0 Å². The molecule has 0 heterocycles. The summed E-state index contributed by atoms with van der Waals surface area (Å²) in [4.78, 5) is 71.8. The van der Waals surface area contributed by atoms with Crippen molar-refractivity contribution in [2.45, 2.75) is 46.0 Å². The molecule has 0 aromatic heterocycles. The zero-order valence-corrected chi connectivity index (χ0v) is 31.9. The first-order valence-electron chi connectivity index (χ1n) is 17.5. The summed E-state index contributed by atoms with van der Waals surface area (Å²) < 4.78 is 31.3. The molecule has 0 unspecified atom stereocenters. The van der Waals surface area contributed by atoms with Crippen molar-refractivity contribution >= 4 is 36.1 Å². The molecule has 0 radical (unpaired) electrons. The van der Waals surface area contributed by atoms with Gasteiger partial charge in [-0.05, 0) is 87.2 Å². The molecule has 0 fully saturated rings. The molecule has 2 N–H and O–H groups in total. The highest BCUT2D eigenvalue weighted by atomic mass is 16.6. The Labute approximate surface area is 325 Å². The summed E-state index contributed by atoms with van der Waals surface area (Å²) in [6.45, 7) is 17.1. The van der Waals surface area contributed by atoms with Crippen LogP contribution in [0.3, 0.4) is 0 Å². The highest BCUT2D eigenvalue weighted by Crippen LogP contribution is 2.40. The van der Waals surface area contributed by atoms with Gasteiger partial charge in [0.15, 0.2) is 0 Å². The third kappa shape index (κ3) is 13.6. The number of carbonyl (C=O) groups is 6. The van der Waals surface area contributed by atoms with Gasteiger partial charge in [0.05, 0.1) is 19.7 Å². The number of ether oxygens (including phenoxy) is 6. The molecule has 14 heteroatoms. The fourth-order valence-corrected chi connectivity index (χ4v) is 4.88. The molecule has 3 aromatic carbocycles. The van der Waals surface area contributed by atoms with Crippen molar-refractivity contribution < 1.29 is 57.2 Å². The molecule has 14 nitrogen and oxygen atoms in total. The largest absolute Gasteiger partial charge is 0.462 e. The van der Waals surface area contributed by atoms with Gasteiger partial charge in [-0.3, -0.25) is 4.79 Å². The Morgan fingerprint density at radius 1 is 0.518 bits per heavy atom. The van der Waals surface area contributed by atoms with E-state index in [2.05, 4.69) is 30.4 Å². The molecular formula is C42H46N2O12. The number of hydrogen-bond acceptors (Lipinski definition) is 12. The van der Waals surface area contributed by atoms with Crippen LogP contribution in [-0.4, -0.2) is 69.0 Å². The van der Waals surface area contributed by atoms with E-state index >= 15 is 0 Å². The van der Waals surface area contributed by atoms with E-state index in [4.69, 9.17) is 28.4 Å². The monoisotopic (exact) mass is 770 g/mol. The highest BCUT2D eigenvalue weighted by molar-refractivity contribution is 5.87. The van der Waals surface area contributed by atoms with E-state index in [9.17, 15) is 28.8 Å². The van der Waals surface area contributed by atoms with E-state index < -0.39 is 41.5 Å². The third-order valence-corrected chi connectivity index (χ3v) is 7.96. The summed E-state index contributed by atoms with van der Waals surface area (Å²) in [5.41, 5.74) is 2.32. The van der Waals surface area contributed by atoms with Gasteiger partial charge in [0, 0.05) is 28.6 Å². The van der Waals surface area contributed by atoms with Crippen LogP contribution in [0.1, 0.15) is 57.2 Å². The van der Waals surface area contributed by atoms with Crippen LogP contribution in [0.2, 0.25) is 0 Å². The van der Waals surface area contributed by atoms with Gasteiger partial charge in [0.25, 0.3) is 0 Å². The molecule has 56 heavy (non-hydrogen) atoms. The van der Waals surface area contributed by atoms with Crippen molar-refractivity contribution in [1.82, 2.24) is 10.6 Å². The Morgan fingerprint density at radius 3 is 1.18 bits per heavy atom. The number of benzene rings is 3. The van der Waals surface area contributed by atoms with Crippen molar-refractivity contribution in [2.24, 2.45) is 0 Å². The minimum atomic E-state index is -0.836. The van der Waals surface area contributed by atoms with Crippen molar-refractivity contribution in [1.29, 1.82) is 0 Å². The number of esters is 4. The average molecular weight is 771 g/mol. The average Bonchev–Trinajstić information content (AvgIpc) is 3.16. The maximum atomic E-state index is 12.5. The van der Waals surface area contributed by atoms with Gasteiger partial charge in [-0.25, -0.2) is 24.0 Å². The molecule has 3 aromatic rings. The fourth-order valence-electron chi connectivity index (χ4n) is 4.88. The van der Waals surface area contributed by atoms with E-state index in [1.165, 1.54) is 20.8 Å². The molecule has 0 saturated carbocycles. The Balaban J connectivity index is 1.76. The Kier molecular flexibility index (Phi) is 16.6. The number of rotatable bonds is 19. The van der Waals surface area contributed by atoms with E-state index in [-0.39, 0.29) is 74.0 Å². The first kappa shape index (κ1) is 43.7. The Morgan fingerprint density at radius 2 is 0.839 bits per heavy atom. The first-order valence-corrected chi connectivity index (χ1v) is 17.5. The minimum Gasteiger partial charge on any atom is -0.462 e. The van der Waals surface area contributed by atoms with Crippen LogP contribution >= 0.6 is 0 Å². The summed E-state index contributed by atoms with van der Waals surface area (Å²) >= 11 is 0. The predicted octanol–water partition coefficient (Wildman–Crippen LogP) is 6.26. The fraction of sp³-hybridized carbons (Fsp3) is 0.286. The number of nitrogens with one attached hydrogen (secondary N) is 2. The zero-order chi connectivity index (χ0) is 41.3. The molecule has 0 spiro atoms. The molecule has 3 rings (SSSR count). The molecule has 0 bridgehead atoms. The molecule has 0 aliphatic carbocycles. The summed E-state index contributed by atoms with van der Waals surface area (Å²) in [7, 11) is 0. The lowest BCUT2D eigenvalue weighted by Gasteiger charge is -2.32. The van der Waals surface area contributed by atoms with Gasteiger partial charge in [-0.1, -0.05) is 56.1 Å². The summed E-state index contributed by atoms with van der Waals surface area (Å²) in [6.07, 6.45) is -1.16. The van der Waals surface area contributed by atoms with Crippen molar-refractivity contribution in [2.75, 3.05) is 32.9 Å². The molecule has 2 amide bonds. The maximum Gasteiger partial charge on any atom is 0.412 e. The second-order valence-electron chi connectivity index (χ2n) is 12.7. The quantitative estimate of drug-likeness (QED) is 0.0349. The third-order valence-electron chi connectivity index (χ3n) is 7.96.